The Labute approximate surface area is 238 Å². The molecule has 0 saturated heterocycles. The number of hydrogen-bond acceptors (Lipinski definition) is 7. The number of aromatic nitrogens is 4. The van der Waals surface area contributed by atoms with Gasteiger partial charge in [-0.15, -0.1) is 0 Å². The number of carbonyl (C=O) groups excluding carboxylic acids is 1. The molecule has 2 aromatic heterocycles. The molecule has 0 saturated carbocycles. The smallest absolute Gasteiger partial charge is 0.543 e. The Morgan fingerprint density at radius 2 is 1.84 bits per heavy atom. The van der Waals surface area contributed by atoms with Gasteiger partial charge in [-0.05, 0) is 67.6 Å². The van der Waals surface area contributed by atoms with Crippen LogP contribution < -0.4 is 44.1 Å². The van der Waals surface area contributed by atoms with Gasteiger partial charge in [-0.1, -0.05) is 19.1 Å². The minimum atomic E-state index is -1.25. The molecule has 9 heteroatoms. The number of ether oxygens (including phenoxy) is 2. The van der Waals surface area contributed by atoms with Crippen LogP contribution in [0.2, 0.25) is 0 Å². The zero-order valence-corrected chi connectivity index (χ0v) is 23.3. The fraction of sp³-hybridized carbons (Fsp3) is 0.286. The van der Waals surface area contributed by atoms with Crippen molar-refractivity contribution >= 4 is 5.97 Å². The van der Waals surface area contributed by atoms with Gasteiger partial charge in [0.25, 0.3) is 0 Å². The Hall–Kier alpha value is -3.20. The Balaban J connectivity index is 0.00000320. The molecule has 5 rings (SSSR count). The van der Waals surface area contributed by atoms with Crippen molar-refractivity contribution in [3.05, 3.63) is 89.1 Å². The predicted octanol–water partition coefficient (Wildman–Crippen LogP) is 0.783. The maximum atomic E-state index is 12.0. The summed E-state index contributed by atoms with van der Waals surface area (Å²) in [7, 11) is 0. The van der Waals surface area contributed by atoms with Crippen molar-refractivity contribution in [2.24, 2.45) is 0 Å². The fourth-order valence-electron chi connectivity index (χ4n) is 4.84. The molecule has 0 bridgehead atoms. The predicted molar refractivity (Wildman–Crippen MR) is 132 cm³/mol. The van der Waals surface area contributed by atoms with Gasteiger partial charge in [0, 0.05) is 29.1 Å². The van der Waals surface area contributed by atoms with E-state index < -0.39 is 5.97 Å². The molecule has 184 valence electrons. The van der Waals surface area contributed by atoms with E-state index in [1.54, 1.807) is 12.4 Å². The molecule has 1 aliphatic carbocycles. The van der Waals surface area contributed by atoms with Gasteiger partial charge in [-0.3, -0.25) is 4.68 Å². The van der Waals surface area contributed by atoms with Crippen LogP contribution in [0.5, 0.6) is 11.5 Å². The molecule has 1 unspecified atom stereocenters. The summed E-state index contributed by atoms with van der Waals surface area (Å²) in [5.74, 6) is 0.265. The Morgan fingerprint density at radius 3 is 2.57 bits per heavy atom. The van der Waals surface area contributed by atoms with Crippen LogP contribution in [0.4, 0.5) is 0 Å². The van der Waals surface area contributed by atoms with E-state index in [0.29, 0.717) is 26.1 Å². The molecular weight excluding hydrogens is 479 g/mol. The van der Waals surface area contributed by atoms with E-state index >= 15 is 0 Å². The van der Waals surface area contributed by atoms with Crippen molar-refractivity contribution in [2.75, 3.05) is 6.61 Å². The van der Waals surface area contributed by atoms with Gasteiger partial charge >= 0.3 is 29.6 Å². The third-order valence-corrected chi connectivity index (χ3v) is 6.43. The Morgan fingerprint density at radius 1 is 1.05 bits per heavy atom. The second kappa shape index (κ2) is 11.9. The molecule has 2 heterocycles. The van der Waals surface area contributed by atoms with Crippen LogP contribution in [0.25, 0.3) is 11.3 Å². The van der Waals surface area contributed by atoms with Crippen LogP contribution in [0.3, 0.4) is 0 Å². The Kier molecular flexibility index (Phi) is 8.63. The van der Waals surface area contributed by atoms with E-state index in [1.807, 2.05) is 54.1 Å². The van der Waals surface area contributed by atoms with Crippen molar-refractivity contribution < 1.29 is 48.9 Å². The maximum absolute atomic E-state index is 12.0. The van der Waals surface area contributed by atoms with Gasteiger partial charge in [-0.25, -0.2) is 9.97 Å². The summed E-state index contributed by atoms with van der Waals surface area (Å²) in [6, 6.07) is 13.7. The van der Waals surface area contributed by atoms with Crippen LogP contribution >= 0.6 is 0 Å². The summed E-state index contributed by atoms with van der Waals surface area (Å²) in [6.07, 6.45) is 6.92. The van der Waals surface area contributed by atoms with Gasteiger partial charge in [0.05, 0.1) is 24.3 Å². The molecule has 37 heavy (non-hydrogen) atoms. The zero-order valence-electron chi connectivity index (χ0n) is 21.3. The molecule has 0 amide bonds. The second-order valence-corrected chi connectivity index (χ2v) is 8.69. The fourth-order valence-corrected chi connectivity index (χ4v) is 4.84. The average molecular weight is 507 g/mol. The van der Waals surface area contributed by atoms with Crippen LogP contribution in [-0.4, -0.2) is 32.3 Å². The first kappa shape index (κ1) is 26.9. The Bertz CT molecular complexity index is 1390. The van der Waals surface area contributed by atoms with Crippen molar-refractivity contribution in [1.29, 1.82) is 0 Å². The molecule has 1 atom stereocenters. The number of carboxylic acids is 1. The quantitative estimate of drug-likeness (QED) is 0.309. The topological polar surface area (TPSA) is 102 Å². The van der Waals surface area contributed by atoms with Gasteiger partial charge in [0.15, 0.2) is 0 Å². The molecule has 0 spiro atoms. The molecule has 0 radical (unpaired) electrons. The number of carboxylic acid groups (broad SMARTS) is 1. The molecule has 1 aliphatic rings. The number of carbonyl (C=O) groups is 1. The molecular formula is C28H27N4NaO4. The number of aromatic carboxylic acids is 1. The van der Waals surface area contributed by atoms with E-state index in [2.05, 4.69) is 22.0 Å². The molecule has 0 N–H and O–H groups in total. The standard InChI is InChI=1S/C28H28N4O4.Na/c1-3-25(20-6-5-7-21(13-20)35-4-2)32-27-23-11-9-22(36-16-18-14-29-17-30-15-18)12-19(23)8-10-24(27)26(31-32)28(33)34;/h5-7,9,11-15,17,25H,3-4,8,10,16H2,1-2H3,(H,33,34);/q;+1/p-1. The van der Waals surface area contributed by atoms with Gasteiger partial charge in [-0.2, -0.15) is 5.10 Å². The van der Waals surface area contributed by atoms with Crippen LogP contribution in [0.15, 0.2) is 61.2 Å². The first-order valence-electron chi connectivity index (χ1n) is 12.1. The third kappa shape index (κ3) is 5.56. The number of nitrogens with zero attached hydrogens (tertiary/aromatic N) is 4. The summed E-state index contributed by atoms with van der Waals surface area (Å²) < 4.78 is 13.5. The van der Waals surface area contributed by atoms with E-state index in [4.69, 9.17) is 9.47 Å². The molecule has 2 aromatic carbocycles. The number of hydrogen-bond donors (Lipinski definition) is 0. The zero-order chi connectivity index (χ0) is 25.1. The van der Waals surface area contributed by atoms with Gasteiger partial charge in [0.2, 0.25) is 0 Å². The summed E-state index contributed by atoms with van der Waals surface area (Å²) in [5, 5.41) is 16.6. The van der Waals surface area contributed by atoms with Crippen molar-refractivity contribution in [3.63, 3.8) is 0 Å². The summed E-state index contributed by atoms with van der Waals surface area (Å²) in [6.45, 7) is 4.95. The van der Waals surface area contributed by atoms with E-state index in [9.17, 15) is 9.90 Å². The normalized spacial score (nSPS) is 12.6. The van der Waals surface area contributed by atoms with Crippen molar-refractivity contribution in [3.8, 4) is 22.8 Å². The number of benzene rings is 2. The minimum absolute atomic E-state index is 0. The number of rotatable bonds is 9. The van der Waals surface area contributed by atoms with Crippen molar-refractivity contribution in [1.82, 2.24) is 19.7 Å². The molecule has 0 aliphatic heterocycles. The number of fused-ring (bicyclic) bond motifs is 3. The largest absolute Gasteiger partial charge is 1.00 e. The van der Waals surface area contributed by atoms with Crippen LogP contribution in [0.1, 0.15) is 59.1 Å². The second-order valence-electron chi connectivity index (χ2n) is 8.69. The van der Waals surface area contributed by atoms with Crippen molar-refractivity contribution in [2.45, 2.75) is 45.8 Å². The monoisotopic (exact) mass is 506 g/mol. The van der Waals surface area contributed by atoms with Crippen LogP contribution in [0, 0.1) is 0 Å². The maximum Gasteiger partial charge on any atom is 1.00 e. The molecule has 4 aromatic rings. The van der Waals surface area contributed by atoms with Gasteiger partial charge < -0.3 is 19.4 Å². The third-order valence-electron chi connectivity index (χ3n) is 6.43. The summed E-state index contributed by atoms with van der Waals surface area (Å²) in [4.78, 5) is 20.1. The summed E-state index contributed by atoms with van der Waals surface area (Å²) in [5.41, 5.74) is 5.51. The van der Waals surface area contributed by atoms with E-state index in [1.165, 1.54) is 6.33 Å². The van der Waals surface area contributed by atoms with Gasteiger partial charge in [0.1, 0.15) is 30.1 Å². The van der Waals surface area contributed by atoms with E-state index in [0.717, 1.165) is 51.4 Å². The SMILES string of the molecule is CCOc1cccc(C(CC)n2nc(C(=O)[O-])c3c2-c2ccc(OCc4cncnc4)cc2CC3)c1.[Na+]. The summed E-state index contributed by atoms with van der Waals surface area (Å²) >= 11 is 0. The first-order chi connectivity index (χ1) is 17.6. The first-order valence-corrected chi connectivity index (χ1v) is 12.1. The molecule has 0 fully saturated rings. The molecule has 8 nitrogen and oxygen atoms in total. The van der Waals surface area contributed by atoms with E-state index in [-0.39, 0.29) is 41.3 Å². The minimum Gasteiger partial charge on any atom is -0.543 e. The number of aryl methyl sites for hydroxylation is 1. The average Bonchev–Trinajstić information content (AvgIpc) is 3.29. The van der Waals surface area contributed by atoms with Crippen LogP contribution in [-0.2, 0) is 19.4 Å².